The van der Waals surface area contributed by atoms with E-state index in [9.17, 15) is 4.79 Å². The monoisotopic (exact) mass is 307 g/mol. The number of hydrogen-bond donors (Lipinski definition) is 0. The van der Waals surface area contributed by atoms with Crippen LogP contribution in [0.5, 0.6) is 0 Å². The van der Waals surface area contributed by atoms with Crippen molar-refractivity contribution in [1.82, 2.24) is 4.90 Å². The third-order valence-corrected chi connectivity index (χ3v) is 4.72. The second kappa shape index (κ2) is 6.41. The van der Waals surface area contributed by atoms with Gasteiger partial charge in [0.1, 0.15) is 4.32 Å². The predicted octanol–water partition coefficient (Wildman–Crippen LogP) is 3.80. The normalized spacial score (nSPS) is 17.3. The lowest BCUT2D eigenvalue weighted by Crippen LogP contribution is -2.27. The fourth-order valence-electron chi connectivity index (χ4n) is 1.64. The number of benzene rings is 1. The second-order valence-electron chi connectivity index (χ2n) is 3.85. The van der Waals surface area contributed by atoms with Gasteiger partial charge in [-0.1, -0.05) is 42.2 Å². The summed E-state index contributed by atoms with van der Waals surface area (Å²) in [6.07, 6.45) is 5.60. The molecule has 1 aliphatic rings. The number of nitrogens with zero attached hydrogens (tertiary/aromatic N) is 1. The maximum Gasteiger partial charge on any atom is 0.266 e. The van der Waals surface area contributed by atoms with Crippen molar-refractivity contribution in [3.8, 4) is 0 Å². The first-order chi connectivity index (χ1) is 9.15. The van der Waals surface area contributed by atoms with Crippen LogP contribution in [0.15, 0.2) is 46.7 Å². The minimum Gasteiger partial charge on any atom is -0.289 e. The highest BCUT2D eigenvalue weighted by Crippen LogP contribution is 2.32. The molecule has 1 saturated heterocycles. The fourth-order valence-corrected chi connectivity index (χ4v) is 3.32. The lowest BCUT2D eigenvalue weighted by Gasteiger charge is -2.10. The number of hydrogen-bond acceptors (Lipinski definition) is 4. The van der Waals surface area contributed by atoms with Crippen LogP contribution in [0.3, 0.4) is 0 Å². The van der Waals surface area contributed by atoms with Crippen molar-refractivity contribution in [3.63, 3.8) is 0 Å². The number of carbonyl (C=O) groups excluding carboxylic acids is 1. The van der Waals surface area contributed by atoms with Crippen molar-refractivity contribution in [3.05, 3.63) is 47.4 Å². The van der Waals surface area contributed by atoms with Gasteiger partial charge in [-0.2, -0.15) is 0 Å². The van der Waals surface area contributed by atoms with Gasteiger partial charge in [0.25, 0.3) is 5.91 Å². The zero-order chi connectivity index (χ0) is 13.8. The van der Waals surface area contributed by atoms with Crippen LogP contribution in [-0.4, -0.2) is 27.9 Å². The summed E-state index contributed by atoms with van der Waals surface area (Å²) in [5, 5.41) is 0. The van der Waals surface area contributed by atoms with Gasteiger partial charge in [0, 0.05) is 11.4 Å². The Labute approximate surface area is 126 Å². The van der Waals surface area contributed by atoms with Crippen molar-refractivity contribution in [2.24, 2.45) is 0 Å². The van der Waals surface area contributed by atoms with Crippen molar-refractivity contribution in [2.75, 3.05) is 12.8 Å². The Morgan fingerprint density at radius 3 is 2.68 bits per heavy atom. The van der Waals surface area contributed by atoms with E-state index in [1.54, 1.807) is 22.7 Å². The van der Waals surface area contributed by atoms with Gasteiger partial charge in [-0.25, -0.2) is 0 Å². The molecule has 2 nitrogen and oxygen atoms in total. The van der Waals surface area contributed by atoms with Crippen LogP contribution in [0, 0.1) is 0 Å². The Bertz CT molecular complexity index is 548. The molecule has 5 heteroatoms. The van der Waals surface area contributed by atoms with Crippen molar-refractivity contribution >= 4 is 52.0 Å². The molecule has 0 atom stereocenters. The molecule has 0 aliphatic carbocycles. The molecule has 98 valence electrons. The van der Waals surface area contributed by atoms with Crippen LogP contribution < -0.4 is 0 Å². The Morgan fingerprint density at radius 1 is 1.42 bits per heavy atom. The molecule has 0 unspecified atom stereocenters. The summed E-state index contributed by atoms with van der Waals surface area (Å²) in [7, 11) is 0. The minimum absolute atomic E-state index is 0.0381. The first kappa shape index (κ1) is 14.4. The Morgan fingerprint density at radius 2 is 2.11 bits per heavy atom. The molecule has 0 radical (unpaired) electrons. The average molecular weight is 307 g/mol. The molecule has 0 bridgehead atoms. The number of thiocarbonyl (C=S) groups is 1. The molecule has 1 heterocycles. The standard InChI is InChI=1S/C14H13NOS3/c1-3-8-15-13(16)12(19-14(15)17)9-10-4-6-11(18-2)7-5-10/h3-7,9H,1,8H2,2H3. The van der Waals surface area contributed by atoms with Crippen molar-refractivity contribution in [1.29, 1.82) is 0 Å². The highest BCUT2D eigenvalue weighted by Gasteiger charge is 2.30. The highest BCUT2D eigenvalue weighted by molar-refractivity contribution is 8.26. The number of amides is 1. The largest absolute Gasteiger partial charge is 0.289 e. The van der Waals surface area contributed by atoms with Crippen LogP contribution in [0.2, 0.25) is 0 Å². The summed E-state index contributed by atoms with van der Waals surface area (Å²) < 4.78 is 0.594. The molecule has 1 amide bonds. The summed E-state index contributed by atoms with van der Waals surface area (Å²) in [4.78, 5) is 15.6. The quantitative estimate of drug-likeness (QED) is 0.365. The fraction of sp³-hybridized carbons (Fsp3) is 0.143. The van der Waals surface area contributed by atoms with E-state index in [0.29, 0.717) is 15.8 Å². The van der Waals surface area contributed by atoms with E-state index < -0.39 is 0 Å². The van der Waals surface area contributed by atoms with E-state index in [2.05, 4.69) is 6.58 Å². The van der Waals surface area contributed by atoms with Gasteiger partial charge in [0.05, 0.1) is 4.91 Å². The SMILES string of the molecule is C=CCN1C(=O)C(=Cc2ccc(SC)cc2)SC1=S. The van der Waals surface area contributed by atoms with E-state index in [1.165, 1.54) is 16.7 Å². The van der Waals surface area contributed by atoms with Crippen LogP contribution in [0.1, 0.15) is 5.56 Å². The van der Waals surface area contributed by atoms with E-state index in [1.807, 2.05) is 36.6 Å². The molecule has 0 aromatic heterocycles. The third kappa shape index (κ3) is 3.29. The van der Waals surface area contributed by atoms with Gasteiger partial charge in [0.2, 0.25) is 0 Å². The van der Waals surface area contributed by atoms with Crippen LogP contribution in [-0.2, 0) is 4.79 Å². The second-order valence-corrected chi connectivity index (χ2v) is 6.41. The van der Waals surface area contributed by atoms with Gasteiger partial charge in [-0.15, -0.1) is 18.3 Å². The summed E-state index contributed by atoms with van der Waals surface area (Å²) in [6.45, 7) is 4.10. The van der Waals surface area contributed by atoms with E-state index in [0.717, 1.165) is 5.56 Å². The smallest absolute Gasteiger partial charge is 0.266 e. The van der Waals surface area contributed by atoms with Gasteiger partial charge in [0.15, 0.2) is 0 Å². The Kier molecular flexibility index (Phi) is 4.85. The van der Waals surface area contributed by atoms with Crippen LogP contribution >= 0.6 is 35.7 Å². The lowest BCUT2D eigenvalue weighted by molar-refractivity contribution is -0.121. The molecule has 0 spiro atoms. The molecule has 1 aliphatic heterocycles. The minimum atomic E-state index is -0.0381. The maximum absolute atomic E-state index is 12.1. The number of carbonyl (C=O) groups is 1. The predicted molar refractivity (Wildman–Crippen MR) is 88.3 cm³/mol. The van der Waals surface area contributed by atoms with Crippen LogP contribution in [0.4, 0.5) is 0 Å². The van der Waals surface area contributed by atoms with E-state index in [-0.39, 0.29) is 5.91 Å². The molecule has 2 rings (SSSR count). The lowest BCUT2D eigenvalue weighted by atomic mass is 10.2. The van der Waals surface area contributed by atoms with E-state index >= 15 is 0 Å². The number of rotatable bonds is 4. The zero-order valence-corrected chi connectivity index (χ0v) is 12.9. The summed E-state index contributed by atoms with van der Waals surface area (Å²) >= 11 is 8.23. The molecule has 0 N–H and O–H groups in total. The first-order valence-corrected chi connectivity index (χ1v) is 8.11. The van der Waals surface area contributed by atoms with Gasteiger partial charge < -0.3 is 0 Å². The Balaban J connectivity index is 2.21. The molecular weight excluding hydrogens is 294 g/mol. The number of thioether (sulfide) groups is 2. The van der Waals surface area contributed by atoms with Gasteiger partial charge in [-0.3, -0.25) is 9.69 Å². The zero-order valence-electron chi connectivity index (χ0n) is 10.5. The van der Waals surface area contributed by atoms with Crippen molar-refractivity contribution in [2.45, 2.75) is 4.90 Å². The molecule has 19 heavy (non-hydrogen) atoms. The molecule has 1 aromatic carbocycles. The first-order valence-electron chi connectivity index (χ1n) is 5.66. The van der Waals surface area contributed by atoms with Gasteiger partial charge >= 0.3 is 0 Å². The van der Waals surface area contributed by atoms with Gasteiger partial charge in [-0.05, 0) is 30.0 Å². The molecular formula is C14H13NOS3. The van der Waals surface area contributed by atoms with Crippen LogP contribution in [0.25, 0.3) is 6.08 Å². The molecule has 0 saturated carbocycles. The highest BCUT2D eigenvalue weighted by atomic mass is 32.2. The average Bonchev–Trinajstić information content (AvgIpc) is 2.68. The van der Waals surface area contributed by atoms with Crippen molar-refractivity contribution < 1.29 is 4.79 Å². The maximum atomic E-state index is 12.1. The summed E-state index contributed by atoms with van der Waals surface area (Å²) in [5.41, 5.74) is 1.01. The molecule has 1 fully saturated rings. The summed E-state index contributed by atoms with van der Waals surface area (Å²) in [5.74, 6) is -0.0381. The summed E-state index contributed by atoms with van der Waals surface area (Å²) in [6, 6.07) is 8.10. The van der Waals surface area contributed by atoms with E-state index in [4.69, 9.17) is 12.2 Å². The Hall–Kier alpha value is -1.04. The topological polar surface area (TPSA) is 20.3 Å². The molecule has 1 aromatic rings. The third-order valence-electron chi connectivity index (χ3n) is 2.60.